The maximum absolute atomic E-state index is 14.5. The maximum Gasteiger partial charge on any atom is 0.240 e. The van der Waals surface area contributed by atoms with Gasteiger partial charge in [-0.05, 0) is 68.3 Å². The summed E-state index contributed by atoms with van der Waals surface area (Å²) in [5.74, 6) is -0.608. The van der Waals surface area contributed by atoms with E-state index in [9.17, 15) is 12.8 Å². The molecule has 0 unspecified atom stereocenters. The zero-order valence-corrected chi connectivity index (χ0v) is 21.5. The van der Waals surface area contributed by atoms with Crippen LogP contribution >= 0.6 is 11.6 Å². The molecule has 0 bridgehead atoms. The normalized spacial score (nSPS) is 15.6. The number of fused-ring (bicyclic) bond motifs is 1. The number of piperazine rings is 1. The lowest BCUT2D eigenvalue weighted by Crippen LogP contribution is -2.44. The Labute approximate surface area is 211 Å². The molecule has 0 atom stereocenters. The minimum atomic E-state index is -3.82. The van der Waals surface area contributed by atoms with Crippen molar-refractivity contribution in [2.45, 2.75) is 24.2 Å². The van der Waals surface area contributed by atoms with E-state index in [2.05, 4.69) is 26.6 Å². The number of nitrogens with zero attached hydrogens (tertiary/aromatic N) is 2. The lowest BCUT2D eigenvalue weighted by atomic mass is 10.1. The number of aryl methyl sites for hydroxylation is 1. The quantitative estimate of drug-likeness (QED) is 0.374. The topological polar surface area (TPSA) is 77.7 Å². The van der Waals surface area contributed by atoms with Crippen LogP contribution in [0.3, 0.4) is 0 Å². The molecular formula is C25H32ClFN4O3S. The average Bonchev–Trinajstić information content (AvgIpc) is 3.23. The zero-order chi connectivity index (χ0) is 24.8. The number of benzene rings is 2. The van der Waals surface area contributed by atoms with Gasteiger partial charge in [-0.25, -0.2) is 17.5 Å². The summed E-state index contributed by atoms with van der Waals surface area (Å²) >= 11 is 6.08. The Hall–Kier alpha value is -2.17. The Bertz CT molecular complexity index is 1240. The minimum Gasteiger partial charge on any atom is -0.490 e. The Balaban J connectivity index is 1.23. The first-order chi connectivity index (χ1) is 16.8. The number of aromatic nitrogens is 1. The van der Waals surface area contributed by atoms with Crippen molar-refractivity contribution in [3.05, 3.63) is 59.0 Å². The van der Waals surface area contributed by atoms with E-state index in [1.165, 1.54) is 12.1 Å². The molecule has 4 rings (SSSR count). The molecule has 1 saturated heterocycles. The first kappa shape index (κ1) is 25.9. The van der Waals surface area contributed by atoms with Gasteiger partial charge in [0.05, 0.1) is 11.5 Å². The fourth-order valence-corrected chi connectivity index (χ4v) is 5.49. The van der Waals surface area contributed by atoms with Gasteiger partial charge in [-0.3, -0.25) is 0 Å². The molecule has 10 heteroatoms. The number of sulfonamides is 1. The molecule has 1 aliphatic heterocycles. The number of H-pyrrole nitrogens is 1. The Morgan fingerprint density at radius 2 is 1.91 bits per heavy atom. The molecule has 0 aliphatic carbocycles. The number of halogens is 2. The third kappa shape index (κ3) is 6.95. The number of rotatable bonds is 11. The van der Waals surface area contributed by atoms with Crippen LogP contribution in [0.25, 0.3) is 10.9 Å². The second kappa shape index (κ2) is 11.7. The van der Waals surface area contributed by atoms with Gasteiger partial charge in [-0.15, -0.1) is 0 Å². The van der Waals surface area contributed by atoms with Crippen molar-refractivity contribution in [3.63, 3.8) is 0 Å². The average molecular weight is 523 g/mol. The smallest absolute Gasteiger partial charge is 0.240 e. The maximum atomic E-state index is 14.5. The molecular weight excluding hydrogens is 491 g/mol. The molecule has 1 aromatic heterocycles. The number of aromatic amines is 1. The highest BCUT2D eigenvalue weighted by Gasteiger charge is 2.17. The van der Waals surface area contributed by atoms with Gasteiger partial charge < -0.3 is 19.5 Å². The van der Waals surface area contributed by atoms with Crippen molar-refractivity contribution in [2.24, 2.45) is 0 Å². The van der Waals surface area contributed by atoms with Crippen LogP contribution in [0.15, 0.2) is 47.5 Å². The second-order valence-electron chi connectivity index (χ2n) is 8.94. The monoisotopic (exact) mass is 522 g/mol. The lowest BCUT2D eigenvalue weighted by molar-refractivity contribution is 0.145. The number of ether oxygens (including phenoxy) is 1. The molecule has 2 aromatic carbocycles. The number of likely N-dealkylation sites (N-methyl/N-ethyl adjacent to an activating group) is 1. The third-order valence-electron chi connectivity index (χ3n) is 6.33. The van der Waals surface area contributed by atoms with Crippen LogP contribution in [-0.2, 0) is 16.4 Å². The highest BCUT2D eigenvalue weighted by Crippen LogP contribution is 2.24. The molecule has 190 valence electrons. The predicted molar refractivity (Wildman–Crippen MR) is 137 cm³/mol. The van der Waals surface area contributed by atoms with Gasteiger partial charge in [0, 0.05) is 61.4 Å². The summed E-state index contributed by atoms with van der Waals surface area (Å²) in [7, 11) is -1.70. The first-order valence-corrected chi connectivity index (χ1v) is 13.8. The van der Waals surface area contributed by atoms with E-state index >= 15 is 0 Å². The van der Waals surface area contributed by atoms with Crippen LogP contribution in [-0.4, -0.2) is 76.1 Å². The van der Waals surface area contributed by atoms with E-state index < -0.39 is 15.8 Å². The predicted octanol–water partition coefficient (Wildman–Crippen LogP) is 3.89. The summed E-state index contributed by atoms with van der Waals surface area (Å²) in [5.41, 5.74) is 2.06. The first-order valence-electron chi connectivity index (χ1n) is 11.9. The summed E-state index contributed by atoms with van der Waals surface area (Å²) in [6, 6.07) is 9.41. The van der Waals surface area contributed by atoms with Crippen molar-refractivity contribution in [1.82, 2.24) is 19.5 Å². The van der Waals surface area contributed by atoms with Crippen LogP contribution in [0.2, 0.25) is 5.02 Å². The molecule has 2 N–H and O–H groups in total. The van der Waals surface area contributed by atoms with Gasteiger partial charge in [0.25, 0.3) is 0 Å². The van der Waals surface area contributed by atoms with E-state index in [-0.39, 0.29) is 17.2 Å². The standard InChI is InChI=1S/C25H32ClFN4O3S/c1-30-11-13-31(14-12-30)10-3-15-34-25-8-6-21(17-23(25)27)35(32,33)29-9-2-4-19-18-28-24-7-5-20(26)16-22(19)24/h5-8,16-18,28-29H,2-4,9-15H2,1H3. The van der Waals surface area contributed by atoms with Crippen molar-refractivity contribution in [2.75, 3.05) is 52.9 Å². The van der Waals surface area contributed by atoms with Crippen molar-refractivity contribution in [1.29, 1.82) is 0 Å². The fourth-order valence-electron chi connectivity index (χ4n) is 4.23. The van der Waals surface area contributed by atoms with Crippen molar-refractivity contribution >= 4 is 32.5 Å². The molecule has 0 amide bonds. The van der Waals surface area contributed by atoms with Crippen LogP contribution in [0, 0.1) is 5.82 Å². The molecule has 0 spiro atoms. The van der Waals surface area contributed by atoms with E-state index in [0.717, 1.165) is 61.7 Å². The SMILES string of the molecule is CN1CCN(CCCOc2ccc(S(=O)(=O)NCCCc3c[nH]c4ccc(Cl)cc34)cc2F)CC1. The molecule has 7 nitrogen and oxygen atoms in total. The largest absolute Gasteiger partial charge is 0.490 e. The molecule has 1 aliphatic rings. The number of nitrogens with one attached hydrogen (secondary N) is 2. The van der Waals surface area contributed by atoms with Crippen molar-refractivity contribution in [3.8, 4) is 5.75 Å². The van der Waals surface area contributed by atoms with Gasteiger partial charge in [0.1, 0.15) is 0 Å². The van der Waals surface area contributed by atoms with E-state index in [1.807, 2.05) is 24.4 Å². The third-order valence-corrected chi connectivity index (χ3v) is 8.02. The van der Waals surface area contributed by atoms with E-state index in [0.29, 0.717) is 24.5 Å². The molecule has 2 heterocycles. The molecule has 1 fully saturated rings. The van der Waals surface area contributed by atoms with Crippen LogP contribution in [0.4, 0.5) is 4.39 Å². The van der Waals surface area contributed by atoms with Gasteiger partial charge in [-0.2, -0.15) is 0 Å². The van der Waals surface area contributed by atoms with Crippen LogP contribution in [0.5, 0.6) is 5.75 Å². The van der Waals surface area contributed by atoms with Crippen LogP contribution in [0.1, 0.15) is 18.4 Å². The molecule has 0 radical (unpaired) electrons. The summed E-state index contributed by atoms with van der Waals surface area (Å²) in [4.78, 5) is 7.75. The number of hydrogen-bond donors (Lipinski definition) is 2. The van der Waals surface area contributed by atoms with Gasteiger partial charge in [0.2, 0.25) is 10.0 Å². The summed E-state index contributed by atoms with van der Waals surface area (Å²) in [6.45, 7) is 5.68. The molecule has 3 aromatic rings. The summed E-state index contributed by atoms with van der Waals surface area (Å²) in [5, 5.41) is 1.69. The van der Waals surface area contributed by atoms with Crippen molar-refractivity contribution < 1.29 is 17.5 Å². The van der Waals surface area contributed by atoms with Gasteiger partial charge >= 0.3 is 0 Å². The Kier molecular flexibility index (Phi) is 8.67. The van der Waals surface area contributed by atoms with Gasteiger partial charge in [-0.1, -0.05) is 11.6 Å². The highest BCUT2D eigenvalue weighted by molar-refractivity contribution is 7.89. The van der Waals surface area contributed by atoms with Crippen LogP contribution < -0.4 is 9.46 Å². The number of hydrogen-bond acceptors (Lipinski definition) is 5. The lowest BCUT2D eigenvalue weighted by Gasteiger charge is -2.32. The van der Waals surface area contributed by atoms with E-state index in [1.54, 1.807) is 0 Å². The molecule has 0 saturated carbocycles. The summed E-state index contributed by atoms with van der Waals surface area (Å²) in [6.07, 6.45) is 3.97. The fraction of sp³-hybridized carbons (Fsp3) is 0.440. The Morgan fingerprint density at radius 1 is 1.11 bits per heavy atom. The minimum absolute atomic E-state index is 0.0697. The zero-order valence-electron chi connectivity index (χ0n) is 19.9. The summed E-state index contributed by atoms with van der Waals surface area (Å²) < 4.78 is 47.9. The van der Waals surface area contributed by atoms with E-state index in [4.69, 9.17) is 16.3 Å². The highest BCUT2D eigenvalue weighted by atomic mass is 35.5. The van der Waals surface area contributed by atoms with Gasteiger partial charge in [0.15, 0.2) is 11.6 Å². The second-order valence-corrected chi connectivity index (χ2v) is 11.1. The Morgan fingerprint density at radius 3 is 2.69 bits per heavy atom. The molecule has 35 heavy (non-hydrogen) atoms.